The normalized spacial score (nSPS) is 10.2. The average Bonchev–Trinajstić information content (AvgIpc) is 2.53. The monoisotopic (exact) mass is 312 g/mol. The maximum Gasteiger partial charge on any atom is 0.239 e. The zero-order chi connectivity index (χ0) is 16.7. The summed E-state index contributed by atoms with van der Waals surface area (Å²) in [6.45, 7) is 7.30. The predicted octanol–water partition coefficient (Wildman–Crippen LogP) is 3.22. The van der Waals surface area contributed by atoms with Crippen LogP contribution in [0.3, 0.4) is 0 Å². The van der Waals surface area contributed by atoms with Crippen LogP contribution in [0.1, 0.15) is 16.7 Å². The Labute approximate surface area is 137 Å². The van der Waals surface area contributed by atoms with Crippen LogP contribution in [0, 0.1) is 20.8 Å². The molecule has 0 bridgehead atoms. The van der Waals surface area contributed by atoms with E-state index in [0.717, 1.165) is 22.6 Å². The molecule has 0 aliphatic heterocycles. The highest BCUT2D eigenvalue weighted by Crippen LogP contribution is 2.18. The van der Waals surface area contributed by atoms with Crippen molar-refractivity contribution >= 4 is 11.6 Å². The summed E-state index contributed by atoms with van der Waals surface area (Å²) in [5, 5.41) is 6.04. The number of hydrogen-bond acceptors (Lipinski definition) is 3. The van der Waals surface area contributed by atoms with Crippen molar-refractivity contribution in [2.24, 2.45) is 0 Å². The van der Waals surface area contributed by atoms with Crippen LogP contribution >= 0.6 is 0 Å². The van der Waals surface area contributed by atoms with Crippen LogP contribution in [0.15, 0.2) is 42.5 Å². The molecule has 122 valence electrons. The largest absolute Gasteiger partial charge is 0.492 e. The van der Waals surface area contributed by atoms with E-state index < -0.39 is 0 Å². The van der Waals surface area contributed by atoms with Gasteiger partial charge in [0.05, 0.1) is 13.1 Å². The van der Waals surface area contributed by atoms with Gasteiger partial charge in [-0.25, -0.2) is 0 Å². The molecule has 0 saturated carbocycles. The lowest BCUT2D eigenvalue weighted by Gasteiger charge is -2.13. The van der Waals surface area contributed by atoms with Crippen LogP contribution in [-0.2, 0) is 4.79 Å². The third-order valence-corrected chi connectivity index (χ3v) is 3.62. The van der Waals surface area contributed by atoms with Gasteiger partial charge in [0.25, 0.3) is 0 Å². The minimum atomic E-state index is -0.0415. The molecule has 2 rings (SSSR count). The molecule has 0 heterocycles. The van der Waals surface area contributed by atoms with E-state index in [2.05, 4.69) is 10.6 Å². The van der Waals surface area contributed by atoms with Gasteiger partial charge in [-0.05, 0) is 44.0 Å². The third kappa shape index (κ3) is 5.33. The molecule has 0 aliphatic rings. The Balaban J connectivity index is 1.68. The van der Waals surface area contributed by atoms with E-state index in [1.54, 1.807) is 0 Å². The zero-order valence-electron chi connectivity index (χ0n) is 14.0. The van der Waals surface area contributed by atoms with Crippen molar-refractivity contribution in [3.8, 4) is 5.75 Å². The topological polar surface area (TPSA) is 50.4 Å². The van der Waals surface area contributed by atoms with Crippen molar-refractivity contribution in [2.75, 3.05) is 25.0 Å². The fourth-order valence-corrected chi connectivity index (χ4v) is 2.32. The third-order valence-electron chi connectivity index (χ3n) is 3.62. The van der Waals surface area contributed by atoms with Crippen LogP contribution in [0.2, 0.25) is 0 Å². The lowest BCUT2D eigenvalue weighted by molar-refractivity contribution is -0.119. The number of carbonyl (C=O) groups excluding carboxylic acids is 1. The van der Waals surface area contributed by atoms with E-state index >= 15 is 0 Å². The van der Waals surface area contributed by atoms with Crippen molar-refractivity contribution < 1.29 is 9.53 Å². The molecule has 0 spiro atoms. The molecule has 0 unspecified atom stereocenters. The fraction of sp³-hybridized carbons (Fsp3) is 0.316. The minimum absolute atomic E-state index is 0.0415. The highest BCUT2D eigenvalue weighted by atomic mass is 16.5. The smallest absolute Gasteiger partial charge is 0.239 e. The highest BCUT2D eigenvalue weighted by Gasteiger charge is 2.05. The van der Waals surface area contributed by atoms with E-state index in [1.165, 1.54) is 5.56 Å². The summed E-state index contributed by atoms with van der Waals surface area (Å²) in [5.74, 6) is 0.777. The summed E-state index contributed by atoms with van der Waals surface area (Å²) in [4.78, 5) is 11.9. The summed E-state index contributed by atoms with van der Waals surface area (Å²) in [6, 6.07) is 13.9. The number of anilines is 1. The molecule has 0 atom stereocenters. The maximum absolute atomic E-state index is 11.9. The molecule has 23 heavy (non-hydrogen) atoms. The highest BCUT2D eigenvalue weighted by molar-refractivity contribution is 5.81. The van der Waals surface area contributed by atoms with Gasteiger partial charge in [0.1, 0.15) is 12.4 Å². The first-order chi connectivity index (χ1) is 11.1. The molecule has 2 aromatic carbocycles. The van der Waals surface area contributed by atoms with Gasteiger partial charge in [-0.3, -0.25) is 4.79 Å². The van der Waals surface area contributed by atoms with Gasteiger partial charge in [0.2, 0.25) is 5.91 Å². The molecular formula is C19H24N2O2. The first-order valence-electron chi connectivity index (χ1n) is 7.82. The Bertz CT molecular complexity index is 631. The zero-order valence-corrected chi connectivity index (χ0v) is 14.0. The van der Waals surface area contributed by atoms with Crippen LogP contribution in [0.25, 0.3) is 0 Å². The van der Waals surface area contributed by atoms with Gasteiger partial charge in [-0.2, -0.15) is 0 Å². The number of carbonyl (C=O) groups is 1. The van der Waals surface area contributed by atoms with Crippen molar-refractivity contribution in [1.82, 2.24) is 5.32 Å². The molecule has 0 fully saturated rings. The molecule has 2 aromatic rings. The number of nitrogens with one attached hydrogen (secondary N) is 2. The second kappa shape index (κ2) is 8.22. The second-order valence-electron chi connectivity index (χ2n) is 5.63. The van der Waals surface area contributed by atoms with Gasteiger partial charge >= 0.3 is 0 Å². The summed E-state index contributed by atoms with van der Waals surface area (Å²) in [6.07, 6.45) is 0. The molecule has 2 N–H and O–H groups in total. The maximum atomic E-state index is 11.9. The van der Waals surface area contributed by atoms with Gasteiger partial charge in [0, 0.05) is 5.69 Å². The predicted molar refractivity (Wildman–Crippen MR) is 94.1 cm³/mol. The standard InChI is InChI=1S/C19H24N2O2/c1-14-7-9-17(10-8-14)23-12-11-20-18(22)13-21-19-15(2)5-4-6-16(19)3/h4-10,21H,11-13H2,1-3H3,(H,20,22). The summed E-state index contributed by atoms with van der Waals surface area (Å²) < 4.78 is 5.58. The quantitative estimate of drug-likeness (QED) is 0.772. The average molecular weight is 312 g/mol. The Morgan fingerprint density at radius 3 is 2.30 bits per heavy atom. The lowest BCUT2D eigenvalue weighted by atomic mass is 10.1. The number of para-hydroxylation sites is 1. The molecular weight excluding hydrogens is 288 g/mol. The van der Waals surface area contributed by atoms with Crippen LogP contribution in [0.5, 0.6) is 5.75 Å². The number of amides is 1. The van der Waals surface area contributed by atoms with Crippen molar-refractivity contribution in [3.63, 3.8) is 0 Å². The number of ether oxygens (including phenoxy) is 1. The number of benzene rings is 2. The van der Waals surface area contributed by atoms with E-state index in [9.17, 15) is 4.79 Å². The molecule has 0 aromatic heterocycles. The second-order valence-corrected chi connectivity index (χ2v) is 5.63. The van der Waals surface area contributed by atoms with Crippen molar-refractivity contribution in [2.45, 2.75) is 20.8 Å². The first-order valence-corrected chi connectivity index (χ1v) is 7.82. The summed E-state index contributed by atoms with van der Waals surface area (Å²) >= 11 is 0. The Morgan fingerprint density at radius 1 is 1.00 bits per heavy atom. The minimum Gasteiger partial charge on any atom is -0.492 e. The Kier molecular flexibility index (Phi) is 6.03. The van der Waals surface area contributed by atoms with Gasteiger partial charge in [0.15, 0.2) is 0 Å². The van der Waals surface area contributed by atoms with Gasteiger partial charge < -0.3 is 15.4 Å². The van der Waals surface area contributed by atoms with Crippen LogP contribution < -0.4 is 15.4 Å². The number of rotatable bonds is 7. The Morgan fingerprint density at radius 2 is 1.65 bits per heavy atom. The summed E-state index contributed by atoms with van der Waals surface area (Å²) in [7, 11) is 0. The van der Waals surface area contributed by atoms with E-state index in [1.807, 2.05) is 63.2 Å². The molecule has 4 heteroatoms. The van der Waals surface area contributed by atoms with Crippen LogP contribution in [0.4, 0.5) is 5.69 Å². The SMILES string of the molecule is Cc1ccc(OCCNC(=O)CNc2c(C)cccc2C)cc1. The van der Waals surface area contributed by atoms with Crippen molar-refractivity contribution in [3.05, 3.63) is 59.2 Å². The first kappa shape index (κ1) is 16.9. The van der Waals surface area contributed by atoms with E-state index in [0.29, 0.717) is 13.2 Å². The molecule has 0 aliphatic carbocycles. The molecule has 0 radical (unpaired) electrons. The van der Waals surface area contributed by atoms with Crippen LogP contribution in [-0.4, -0.2) is 25.6 Å². The molecule has 1 amide bonds. The van der Waals surface area contributed by atoms with Gasteiger partial charge in [-0.15, -0.1) is 0 Å². The Hall–Kier alpha value is -2.49. The number of aryl methyl sites for hydroxylation is 3. The van der Waals surface area contributed by atoms with Crippen molar-refractivity contribution in [1.29, 1.82) is 0 Å². The lowest BCUT2D eigenvalue weighted by Crippen LogP contribution is -2.33. The van der Waals surface area contributed by atoms with Gasteiger partial charge in [-0.1, -0.05) is 35.9 Å². The molecule has 0 saturated heterocycles. The fourth-order valence-electron chi connectivity index (χ4n) is 2.32. The number of hydrogen-bond donors (Lipinski definition) is 2. The molecule has 4 nitrogen and oxygen atoms in total. The summed E-state index contributed by atoms with van der Waals surface area (Å²) in [5.41, 5.74) is 4.50. The van der Waals surface area contributed by atoms with E-state index in [-0.39, 0.29) is 12.5 Å². The van der Waals surface area contributed by atoms with E-state index in [4.69, 9.17) is 4.74 Å².